The zero-order valence-corrected chi connectivity index (χ0v) is 9.85. The second-order valence-electron chi connectivity index (χ2n) is 4.39. The first-order valence-corrected chi connectivity index (χ1v) is 5.77. The molecule has 1 saturated heterocycles. The van der Waals surface area contributed by atoms with Crippen molar-refractivity contribution in [3.05, 3.63) is 16.7 Å². The molecule has 9 nitrogen and oxygen atoms in total. The molecule has 1 fully saturated rings. The molecule has 5 N–H and O–H groups in total. The highest BCUT2D eigenvalue weighted by molar-refractivity contribution is 5.70. The lowest BCUT2D eigenvalue weighted by molar-refractivity contribution is -0.0432. The Hall–Kier alpha value is -1.97. The van der Waals surface area contributed by atoms with Crippen molar-refractivity contribution < 1.29 is 14.9 Å². The van der Waals surface area contributed by atoms with Crippen molar-refractivity contribution in [3.8, 4) is 0 Å². The van der Waals surface area contributed by atoms with Crippen LogP contribution in [0.5, 0.6) is 0 Å². The van der Waals surface area contributed by atoms with Gasteiger partial charge in [0.15, 0.2) is 11.2 Å². The first-order valence-electron chi connectivity index (χ1n) is 5.77. The maximum Gasteiger partial charge on any atom is 0.280 e. The second kappa shape index (κ2) is 4.30. The van der Waals surface area contributed by atoms with E-state index in [1.165, 1.54) is 10.9 Å². The maximum absolute atomic E-state index is 11.6. The van der Waals surface area contributed by atoms with Crippen molar-refractivity contribution in [2.24, 2.45) is 0 Å². The van der Waals surface area contributed by atoms with Crippen LogP contribution in [-0.4, -0.2) is 48.5 Å². The molecule has 0 amide bonds. The molecule has 0 radical (unpaired) electrons. The molecule has 1 aliphatic heterocycles. The maximum atomic E-state index is 11.6. The predicted molar refractivity (Wildman–Crippen MR) is 64.2 cm³/mol. The van der Waals surface area contributed by atoms with E-state index < -0.39 is 24.0 Å². The van der Waals surface area contributed by atoms with E-state index in [0.717, 1.165) is 0 Å². The van der Waals surface area contributed by atoms with Gasteiger partial charge < -0.3 is 20.7 Å². The summed E-state index contributed by atoms with van der Waals surface area (Å²) in [5, 5.41) is 18.8. The van der Waals surface area contributed by atoms with Gasteiger partial charge in [-0.1, -0.05) is 0 Å². The molecule has 3 heterocycles. The second-order valence-corrected chi connectivity index (χ2v) is 4.39. The Morgan fingerprint density at radius 3 is 3.11 bits per heavy atom. The van der Waals surface area contributed by atoms with Crippen molar-refractivity contribution in [1.82, 2.24) is 19.5 Å². The minimum atomic E-state index is -0.771. The van der Waals surface area contributed by atoms with Crippen LogP contribution >= 0.6 is 0 Å². The van der Waals surface area contributed by atoms with E-state index in [9.17, 15) is 9.90 Å². The molecular weight excluding hydrogens is 257 g/mol. The number of hydrogen-bond acceptors (Lipinski definition) is 7. The monoisotopic (exact) mass is 270 g/mol. The van der Waals surface area contributed by atoms with E-state index in [4.69, 9.17) is 15.6 Å². The summed E-state index contributed by atoms with van der Waals surface area (Å²) in [5.74, 6) is -0.0171. The lowest BCUT2D eigenvalue weighted by atomic mass is 10.2. The van der Waals surface area contributed by atoms with Crippen LogP contribution in [0.25, 0.3) is 11.2 Å². The van der Waals surface area contributed by atoms with Gasteiger partial charge in [-0.05, 0) is 0 Å². The third kappa shape index (κ3) is 1.87. The summed E-state index contributed by atoms with van der Waals surface area (Å²) in [5.41, 5.74) is 5.50. The van der Waals surface area contributed by atoms with E-state index in [2.05, 4.69) is 15.0 Å². The van der Waals surface area contributed by atoms with Gasteiger partial charge in [0.1, 0.15) is 12.3 Å². The number of fused-ring (bicyclic) bond motifs is 1. The molecule has 19 heavy (non-hydrogen) atoms. The number of ether oxygens (including phenoxy) is 1. The fourth-order valence-electron chi connectivity index (χ4n) is 2.20. The molecular formula is C10H13N5O4. The molecule has 102 valence electrons. The number of imidazole rings is 1. The molecule has 0 bridgehead atoms. The number of nitrogen functional groups attached to an aromatic ring is 1. The Bertz CT molecular complexity index is 665. The van der Waals surface area contributed by atoms with Crippen LogP contribution in [-0.2, 0) is 4.74 Å². The van der Waals surface area contributed by atoms with E-state index in [-0.39, 0.29) is 30.1 Å². The molecule has 1 aliphatic rings. The molecule has 9 heteroatoms. The van der Waals surface area contributed by atoms with Gasteiger partial charge in [0, 0.05) is 6.42 Å². The Morgan fingerprint density at radius 2 is 2.42 bits per heavy atom. The topological polar surface area (TPSA) is 139 Å². The summed E-state index contributed by atoms with van der Waals surface area (Å²) in [6.45, 7) is -0.277. The summed E-state index contributed by atoms with van der Waals surface area (Å²) in [6, 6.07) is 0. The molecule has 3 atom stereocenters. The zero-order valence-electron chi connectivity index (χ0n) is 9.85. The summed E-state index contributed by atoms with van der Waals surface area (Å²) in [4.78, 5) is 22.0. The number of nitrogens with two attached hydrogens (primary N) is 1. The summed E-state index contributed by atoms with van der Waals surface area (Å²) in [7, 11) is 0. The van der Waals surface area contributed by atoms with Crippen LogP contribution in [0.3, 0.4) is 0 Å². The van der Waals surface area contributed by atoms with Gasteiger partial charge >= 0.3 is 0 Å². The Morgan fingerprint density at radius 1 is 1.63 bits per heavy atom. The normalized spacial score (nSPS) is 27.2. The minimum absolute atomic E-state index is 0.0171. The fraction of sp³-hybridized carbons (Fsp3) is 0.500. The predicted octanol–water partition coefficient (Wildman–Crippen LogP) is -1.66. The van der Waals surface area contributed by atoms with Crippen LogP contribution < -0.4 is 11.3 Å². The lowest BCUT2D eigenvalue weighted by Gasteiger charge is -2.13. The molecule has 0 aromatic carbocycles. The van der Waals surface area contributed by atoms with Gasteiger partial charge in [-0.2, -0.15) is 4.98 Å². The van der Waals surface area contributed by atoms with Crippen LogP contribution in [0.1, 0.15) is 12.6 Å². The van der Waals surface area contributed by atoms with Crippen molar-refractivity contribution in [3.63, 3.8) is 0 Å². The third-order valence-electron chi connectivity index (χ3n) is 3.15. The van der Waals surface area contributed by atoms with Gasteiger partial charge in [-0.15, -0.1) is 0 Å². The zero-order chi connectivity index (χ0) is 13.6. The molecule has 0 spiro atoms. The third-order valence-corrected chi connectivity index (χ3v) is 3.15. The molecule has 2 aromatic heterocycles. The van der Waals surface area contributed by atoms with Gasteiger partial charge in [0.2, 0.25) is 5.95 Å². The van der Waals surface area contributed by atoms with Gasteiger partial charge in [-0.3, -0.25) is 14.3 Å². The number of rotatable bonds is 2. The van der Waals surface area contributed by atoms with E-state index in [1.54, 1.807) is 0 Å². The Kier molecular flexibility index (Phi) is 2.73. The number of H-pyrrole nitrogens is 1. The van der Waals surface area contributed by atoms with Crippen molar-refractivity contribution in [2.75, 3.05) is 12.3 Å². The molecule has 0 unspecified atom stereocenters. The van der Waals surface area contributed by atoms with Gasteiger partial charge in [-0.25, -0.2) is 4.98 Å². The highest BCUT2D eigenvalue weighted by Gasteiger charge is 2.35. The van der Waals surface area contributed by atoms with Crippen molar-refractivity contribution in [2.45, 2.75) is 24.9 Å². The number of nitrogens with one attached hydrogen (secondary N) is 1. The number of aliphatic hydroxyl groups excluding tert-OH is 2. The van der Waals surface area contributed by atoms with Crippen molar-refractivity contribution in [1.29, 1.82) is 0 Å². The molecule has 0 saturated carbocycles. The first kappa shape index (κ1) is 12.1. The van der Waals surface area contributed by atoms with Crippen LogP contribution in [0.4, 0.5) is 5.95 Å². The fourth-order valence-corrected chi connectivity index (χ4v) is 2.20. The Labute approximate surface area is 106 Å². The van der Waals surface area contributed by atoms with E-state index >= 15 is 0 Å². The van der Waals surface area contributed by atoms with Crippen LogP contribution in [0.2, 0.25) is 0 Å². The summed E-state index contributed by atoms with van der Waals surface area (Å²) >= 11 is 0. The number of aliphatic hydroxyl groups is 2. The first-order chi connectivity index (χ1) is 9.10. The molecule has 0 aliphatic carbocycles. The van der Waals surface area contributed by atoms with Crippen molar-refractivity contribution >= 4 is 17.1 Å². The number of anilines is 1. The SMILES string of the molecule is [15NH2][13c]1nc2c(ncn2[C@@H]2C[C@H](O)[C@H](CO)O2)c(=O)[15nH]1. The number of hydrogen-bond donors (Lipinski definition) is 4. The van der Waals surface area contributed by atoms with E-state index in [1.807, 2.05) is 0 Å². The van der Waals surface area contributed by atoms with Gasteiger partial charge in [0.05, 0.1) is 19.0 Å². The number of aromatic nitrogens is 4. The molecule has 2 aromatic rings. The average Bonchev–Trinajstić information content (AvgIpc) is 2.92. The van der Waals surface area contributed by atoms with E-state index in [0.29, 0.717) is 0 Å². The summed E-state index contributed by atoms with van der Waals surface area (Å²) in [6.07, 6.45) is -0.270. The number of nitrogens with zero attached hydrogens (tertiary/aromatic N) is 3. The van der Waals surface area contributed by atoms with Gasteiger partial charge in [0.25, 0.3) is 5.56 Å². The minimum Gasteiger partial charge on any atom is -0.394 e. The highest BCUT2D eigenvalue weighted by Crippen LogP contribution is 2.30. The number of aromatic amines is 1. The lowest BCUT2D eigenvalue weighted by Crippen LogP contribution is -2.24. The smallest absolute Gasteiger partial charge is 0.280 e. The average molecular weight is 270 g/mol. The summed E-state index contributed by atoms with van der Waals surface area (Å²) < 4.78 is 7.01. The largest absolute Gasteiger partial charge is 0.394 e. The van der Waals surface area contributed by atoms with Crippen LogP contribution in [0, 0.1) is 0 Å². The quantitative estimate of drug-likeness (QED) is 0.479. The highest BCUT2D eigenvalue weighted by atomic mass is 16.5. The molecule has 3 rings (SSSR count). The van der Waals surface area contributed by atoms with Crippen LogP contribution in [0.15, 0.2) is 11.1 Å². The standard InChI is InChI=1S/C10H13N5O4/c11-10-13-8-7(9(18)14-10)12-3-15(8)6-1-4(17)5(2-16)19-6/h3-6,16-17H,1-2H2,(H3,11,13,14,18)/t4-,5-,6-/m0/s1/i10+1,11+1,14+1. The Balaban J connectivity index is 2.05.